The Morgan fingerprint density at radius 1 is 1.22 bits per heavy atom. The molecule has 1 N–H and O–H groups in total. The lowest BCUT2D eigenvalue weighted by molar-refractivity contribution is 0.0995. The van der Waals surface area contributed by atoms with Crippen LogP contribution in [-0.4, -0.2) is 19.0 Å². The Hall–Kier alpha value is -2.74. The van der Waals surface area contributed by atoms with Crippen molar-refractivity contribution in [1.29, 1.82) is 5.26 Å². The van der Waals surface area contributed by atoms with E-state index < -0.39 is 0 Å². The van der Waals surface area contributed by atoms with Crippen molar-refractivity contribution in [2.75, 3.05) is 23.3 Å². The zero-order valence-corrected chi connectivity index (χ0v) is 13.1. The van der Waals surface area contributed by atoms with Crippen LogP contribution in [0.3, 0.4) is 0 Å². The van der Waals surface area contributed by atoms with Crippen molar-refractivity contribution in [3.63, 3.8) is 0 Å². The highest BCUT2D eigenvalue weighted by molar-refractivity contribution is 6.04. The summed E-state index contributed by atoms with van der Waals surface area (Å²) < 4.78 is 5.37. The van der Waals surface area contributed by atoms with Gasteiger partial charge in [-0.3, -0.25) is 4.79 Å². The van der Waals surface area contributed by atoms with Gasteiger partial charge in [-0.15, -0.1) is 0 Å². The van der Waals surface area contributed by atoms with Gasteiger partial charge >= 0.3 is 0 Å². The predicted octanol–water partition coefficient (Wildman–Crippen LogP) is 3.70. The number of benzene rings is 1. The number of anilines is 2. The molecule has 1 saturated heterocycles. The van der Waals surface area contributed by atoms with Gasteiger partial charge in [-0.25, -0.2) is 0 Å². The number of piperidine rings is 1. The quantitative estimate of drug-likeness (QED) is 0.938. The number of nitrogens with zero attached hydrogens (tertiary/aromatic N) is 2. The summed E-state index contributed by atoms with van der Waals surface area (Å²) in [6, 6.07) is 10.9. The van der Waals surface area contributed by atoms with Gasteiger partial charge in [0.05, 0.1) is 23.0 Å². The van der Waals surface area contributed by atoms with Gasteiger partial charge in [0.25, 0.3) is 5.91 Å². The molecule has 0 bridgehead atoms. The molecule has 0 atom stereocenters. The summed E-state index contributed by atoms with van der Waals surface area (Å²) >= 11 is 0. The Kier molecular flexibility index (Phi) is 4.33. The number of nitriles is 1. The summed E-state index contributed by atoms with van der Waals surface area (Å²) in [6.45, 7) is 3.73. The molecule has 0 aliphatic carbocycles. The first-order valence-corrected chi connectivity index (χ1v) is 7.84. The number of rotatable bonds is 3. The van der Waals surface area contributed by atoms with Gasteiger partial charge in [-0.05, 0) is 56.5 Å². The summed E-state index contributed by atoms with van der Waals surface area (Å²) in [6.07, 6.45) is 3.52. The third-order valence-electron chi connectivity index (χ3n) is 4.03. The molecule has 1 aliphatic heterocycles. The van der Waals surface area contributed by atoms with Crippen LogP contribution in [0, 0.1) is 18.3 Å². The summed E-state index contributed by atoms with van der Waals surface area (Å²) in [4.78, 5) is 14.6. The summed E-state index contributed by atoms with van der Waals surface area (Å²) in [5.41, 5.74) is 2.14. The summed E-state index contributed by atoms with van der Waals surface area (Å²) in [5, 5.41) is 12.0. The Labute approximate surface area is 135 Å². The second kappa shape index (κ2) is 6.57. The SMILES string of the molecule is Cc1ccc(C(=O)Nc2cc(C#N)ccc2N2CCCCC2)o1. The fraction of sp³-hybridized carbons (Fsp3) is 0.333. The maximum Gasteiger partial charge on any atom is 0.291 e. The molecule has 0 spiro atoms. The molecule has 3 rings (SSSR count). The molecule has 2 heterocycles. The van der Waals surface area contributed by atoms with E-state index in [2.05, 4.69) is 16.3 Å². The van der Waals surface area contributed by atoms with Crippen LogP contribution in [0.25, 0.3) is 0 Å². The monoisotopic (exact) mass is 309 g/mol. The molecule has 0 saturated carbocycles. The first kappa shape index (κ1) is 15.2. The number of nitrogens with one attached hydrogen (secondary N) is 1. The average Bonchev–Trinajstić information content (AvgIpc) is 3.02. The number of carbonyl (C=O) groups excluding carboxylic acids is 1. The molecule has 1 amide bonds. The molecule has 1 aromatic heterocycles. The lowest BCUT2D eigenvalue weighted by Crippen LogP contribution is -2.30. The van der Waals surface area contributed by atoms with Gasteiger partial charge in [0.15, 0.2) is 5.76 Å². The van der Waals surface area contributed by atoms with Crippen LogP contribution in [-0.2, 0) is 0 Å². The van der Waals surface area contributed by atoms with Crippen molar-refractivity contribution < 1.29 is 9.21 Å². The lowest BCUT2D eigenvalue weighted by atomic mass is 10.1. The first-order valence-electron chi connectivity index (χ1n) is 7.84. The molecule has 2 aromatic rings. The van der Waals surface area contributed by atoms with Crippen LogP contribution in [0.4, 0.5) is 11.4 Å². The first-order chi connectivity index (χ1) is 11.2. The van der Waals surface area contributed by atoms with E-state index in [1.54, 1.807) is 31.2 Å². The standard InChI is InChI=1S/C18H19N3O2/c1-13-5-8-17(23-13)18(22)20-15-11-14(12-19)6-7-16(15)21-9-3-2-4-10-21/h5-8,11H,2-4,9-10H2,1H3,(H,20,22). The molecule has 1 aromatic carbocycles. The molecule has 23 heavy (non-hydrogen) atoms. The Morgan fingerprint density at radius 2 is 2.00 bits per heavy atom. The summed E-state index contributed by atoms with van der Waals surface area (Å²) in [5.74, 6) is 0.665. The van der Waals surface area contributed by atoms with E-state index in [-0.39, 0.29) is 11.7 Å². The number of furan rings is 1. The van der Waals surface area contributed by atoms with Crippen molar-refractivity contribution in [1.82, 2.24) is 0 Å². The highest BCUT2D eigenvalue weighted by Crippen LogP contribution is 2.30. The molecule has 0 radical (unpaired) electrons. The van der Waals surface area contributed by atoms with E-state index in [1.807, 2.05) is 6.07 Å². The van der Waals surface area contributed by atoms with Crippen molar-refractivity contribution in [3.05, 3.63) is 47.4 Å². The van der Waals surface area contributed by atoms with E-state index in [0.717, 1.165) is 31.6 Å². The lowest BCUT2D eigenvalue weighted by Gasteiger charge is -2.30. The fourth-order valence-corrected chi connectivity index (χ4v) is 2.86. The van der Waals surface area contributed by atoms with Crippen LogP contribution in [0.15, 0.2) is 34.7 Å². The minimum absolute atomic E-state index is 0.273. The van der Waals surface area contributed by atoms with Crippen molar-refractivity contribution >= 4 is 17.3 Å². The third kappa shape index (κ3) is 3.37. The largest absolute Gasteiger partial charge is 0.456 e. The number of carbonyl (C=O) groups is 1. The van der Waals surface area contributed by atoms with Crippen LogP contribution in [0.5, 0.6) is 0 Å². The molecule has 0 unspecified atom stereocenters. The van der Waals surface area contributed by atoms with Gasteiger partial charge in [0.2, 0.25) is 0 Å². The minimum Gasteiger partial charge on any atom is -0.456 e. The molecule has 5 heteroatoms. The topological polar surface area (TPSA) is 69.3 Å². The minimum atomic E-state index is -0.300. The number of hydrogen-bond donors (Lipinski definition) is 1. The molecular weight excluding hydrogens is 290 g/mol. The highest BCUT2D eigenvalue weighted by atomic mass is 16.3. The van der Waals surface area contributed by atoms with E-state index in [1.165, 1.54) is 6.42 Å². The van der Waals surface area contributed by atoms with Gasteiger partial charge in [-0.2, -0.15) is 5.26 Å². The summed E-state index contributed by atoms with van der Waals surface area (Å²) in [7, 11) is 0. The molecule has 5 nitrogen and oxygen atoms in total. The third-order valence-corrected chi connectivity index (χ3v) is 4.03. The number of aryl methyl sites for hydroxylation is 1. The van der Waals surface area contributed by atoms with Crippen molar-refractivity contribution in [2.45, 2.75) is 26.2 Å². The fourth-order valence-electron chi connectivity index (χ4n) is 2.86. The second-order valence-corrected chi connectivity index (χ2v) is 5.76. The maximum absolute atomic E-state index is 12.4. The Balaban J connectivity index is 1.89. The van der Waals surface area contributed by atoms with Gasteiger partial charge in [0.1, 0.15) is 5.76 Å². The van der Waals surface area contributed by atoms with Crippen LogP contribution < -0.4 is 10.2 Å². The Morgan fingerprint density at radius 3 is 2.65 bits per heavy atom. The normalized spacial score (nSPS) is 14.3. The molecule has 1 fully saturated rings. The molecular formula is C18H19N3O2. The van der Waals surface area contributed by atoms with Crippen LogP contribution >= 0.6 is 0 Å². The average molecular weight is 309 g/mol. The Bertz CT molecular complexity index is 752. The van der Waals surface area contributed by atoms with Crippen LogP contribution in [0.2, 0.25) is 0 Å². The van der Waals surface area contributed by atoms with E-state index in [4.69, 9.17) is 9.68 Å². The maximum atomic E-state index is 12.4. The van der Waals surface area contributed by atoms with E-state index in [9.17, 15) is 4.79 Å². The number of hydrogen-bond acceptors (Lipinski definition) is 4. The van der Waals surface area contributed by atoms with E-state index >= 15 is 0 Å². The van der Waals surface area contributed by atoms with Gasteiger partial charge < -0.3 is 14.6 Å². The van der Waals surface area contributed by atoms with Crippen molar-refractivity contribution in [3.8, 4) is 6.07 Å². The molecule has 1 aliphatic rings. The van der Waals surface area contributed by atoms with Gasteiger partial charge in [-0.1, -0.05) is 0 Å². The zero-order chi connectivity index (χ0) is 16.2. The van der Waals surface area contributed by atoms with Gasteiger partial charge in [0, 0.05) is 13.1 Å². The van der Waals surface area contributed by atoms with Crippen LogP contribution in [0.1, 0.15) is 41.1 Å². The zero-order valence-electron chi connectivity index (χ0n) is 13.1. The van der Waals surface area contributed by atoms with E-state index in [0.29, 0.717) is 17.0 Å². The highest BCUT2D eigenvalue weighted by Gasteiger charge is 2.18. The molecule has 118 valence electrons. The number of amides is 1. The second-order valence-electron chi connectivity index (χ2n) is 5.76. The predicted molar refractivity (Wildman–Crippen MR) is 88.6 cm³/mol. The van der Waals surface area contributed by atoms with Crippen molar-refractivity contribution in [2.24, 2.45) is 0 Å². The smallest absolute Gasteiger partial charge is 0.291 e.